The molecule has 0 saturated heterocycles. The molecule has 3 rings (SSSR count). The van der Waals surface area contributed by atoms with Crippen molar-refractivity contribution >= 4 is 23.2 Å². The molecule has 1 saturated carbocycles. The van der Waals surface area contributed by atoms with Crippen molar-refractivity contribution in [1.82, 2.24) is 14.6 Å². The van der Waals surface area contributed by atoms with E-state index in [0.717, 1.165) is 31.3 Å². The maximum absolute atomic E-state index is 9.55. The molecule has 1 aliphatic carbocycles. The third-order valence-corrected chi connectivity index (χ3v) is 3.76. The fraction of sp³-hybridized carbons (Fsp3) is 0.500. The first-order valence-electron chi connectivity index (χ1n) is 6.12. The second-order valence-corrected chi connectivity index (χ2v) is 5.29. The van der Waals surface area contributed by atoms with Gasteiger partial charge >= 0.3 is 0 Å². The predicted octanol–water partition coefficient (Wildman–Crippen LogP) is 2.10. The van der Waals surface area contributed by atoms with Gasteiger partial charge in [0.15, 0.2) is 5.65 Å². The normalized spacial score (nSPS) is 18.3. The van der Waals surface area contributed by atoms with Gasteiger partial charge < -0.3 is 10.4 Å². The molecule has 1 fully saturated rings. The van der Waals surface area contributed by atoms with Crippen molar-refractivity contribution in [3.8, 4) is 0 Å². The van der Waals surface area contributed by atoms with Gasteiger partial charge in [0.1, 0.15) is 0 Å². The van der Waals surface area contributed by atoms with E-state index in [4.69, 9.17) is 11.6 Å². The Hall–Kier alpha value is -1.33. The van der Waals surface area contributed by atoms with Crippen LogP contribution in [0.2, 0.25) is 5.02 Å². The van der Waals surface area contributed by atoms with E-state index in [2.05, 4.69) is 15.4 Å². The number of nitrogens with one attached hydrogen (secondary N) is 1. The summed E-state index contributed by atoms with van der Waals surface area (Å²) in [4.78, 5) is 4.38. The molecule has 0 spiro atoms. The molecule has 0 unspecified atom stereocenters. The van der Waals surface area contributed by atoms with E-state index in [1.807, 2.05) is 6.07 Å². The second-order valence-electron chi connectivity index (χ2n) is 4.86. The molecule has 18 heavy (non-hydrogen) atoms. The highest BCUT2D eigenvalue weighted by atomic mass is 35.5. The summed E-state index contributed by atoms with van der Waals surface area (Å²) in [7, 11) is 0. The molecule has 0 aliphatic heterocycles. The van der Waals surface area contributed by atoms with Crippen molar-refractivity contribution in [1.29, 1.82) is 0 Å². The van der Waals surface area contributed by atoms with Gasteiger partial charge in [0, 0.05) is 6.20 Å². The number of aliphatic hydroxyl groups excluding tert-OH is 1. The number of nitrogens with zero attached hydrogens (tertiary/aromatic N) is 3. The molecular formula is C12H15ClN4O. The number of pyridine rings is 1. The third kappa shape index (κ3) is 2.04. The Labute approximate surface area is 110 Å². The van der Waals surface area contributed by atoms with Crippen LogP contribution in [0.5, 0.6) is 0 Å². The Morgan fingerprint density at radius 3 is 2.89 bits per heavy atom. The Bertz CT molecular complexity index is 562. The average molecular weight is 267 g/mol. The van der Waals surface area contributed by atoms with Crippen molar-refractivity contribution in [3.05, 3.63) is 23.4 Å². The Morgan fingerprint density at radius 1 is 1.39 bits per heavy atom. The van der Waals surface area contributed by atoms with Crippen molar-refractivity contribution in [2.75, 3.05) is 11.9 Å². The largest absolute Gasteiger partial charge is 0.394 e. The lowest BCUT2D eigenvalue weighted by molar-refractivity contribution is 0.213. The second kappa shape index (κ2) is 4.40. The summed E-state index contributed by atoms with van der Waals surface area (Å²) in [5.74, 6) is 0.549. The molecular weight excluding hydrogens is 252 g/mol. The number of fused-ring (bicyclic) bond motifs is 1. The molecule has 0 amide bonds. The summed E-state index contributed by atoms with van der Waals surface area (Å²) >= 11 is 5.90. The minimum Gasteiger partial charge on any atom is -0.394 e. The van der Waals surface area contributed by atoms with Crippen molar-refractivity contribution in [2.45, 2.75) is 31.2 Å². The van der Waals surface area contributed by atoms with Crippen LogP contribution in [0.15, 0.2) is 18.3 Å². The van der Waals surface area contributed by atoms with Gasteiger partial charge in [-0.1, -0.05) is 24.4 Å². The van der Waals surface area contributed by atoms with Gasteiger partial charge in [0.25, 0.3) is 0 Å². The summed E-state index contributed by atoms with van der Waals surface area (Å²) in [5, 5.41) is 17.8. The molecule has 2 heterocycles. The van der Waals surface area contributed by atoms with Crippen LogP contribution in [0.25, 0.3) is 5.65 Å². The molecule has 5 nitrogen and oxygen atoms in total. The summed E-state index contributed by atoms with van der Waals surface area (Å²) in [6.45, 7) is 0.114. The summed E-state index contributed by atoms with van der Waals surface area (Å²) < 4.78 is 1.64. The standard InChI is InChI=1S/C12H15ClN4O/c13-9-3-4-10-14-11(16-17(10)7-9)15-12(8-18)5-1-2-6-12/h3-4,7,18H,1-2,5-6,8H2,(H,15,16). The maximum Gasteiger partial charge on any atom is 0.243 e. The highest BCUT2D eigenvalue weighted by Gasteiger charge is 2.34. The first-order valence-corrected chi connectivity index (χ1v) is 6.50. The van der Waals surface area contributed by atoms with Crippen LogP contribution in [-0.4, -0.2) is 31.9 Å². The molecule has 2 aromatic heterocycles. The van der Waals surface area contributed by atoms with Crippen LogP contribution in [0.1, 0.15) is 25.7 Å². The van der Waals surface area contributed by atoms with Gasteiger partial charge in [-0.2, -0.15) is 4.98 Å². The van der Waals surface area contributed by atoms with E-state index in [9.17, 15) is 5.11 Å². The highest BCUT2D eigenvalue weighted by Crippen LogP contribution is 2.31. The molecule has 6 heteroatoms. The van der Waals surface area contributed by atoms with Gasteiger partial charge in [-0.25, -0.2) is 4.52 Å². The van der Waals surface area contributed by atoms with Crippen molar-refractivity contribution in [2.24, 2.45) is 0 Å². The molecule has 0 atom stereocenters. The van der Waals surface area contributed by atoms with Gasteiger partial charge in [0.2, 0.25) is 5.95 Å². The number of hydrogen-bond acceptors (Lipinski definition) is 4. The van der Waals surface area contributed by atoms with Gasteiger partial charge in [-0.3, -0.25) is 0 Å². The van der Waals surface area contributed by atoms with Crippen LogP contribution in [0.3, 0.4) is 0 Å². The number of hydrogen-bond donors (Lipinski definition) is 2. The molecule has 0 bridgehead atoms. The Kier molecular flexibility index (Phi) is 2.87. The maximum atomic E-state index is 9.55. The first kappa shape index (κ1) is 11.7. The summed E-state index contributed by atoms with van der Waals surface area (Å²) in [6.07, 6.45) is 5.90. The first-order chi connectivity index (χ1) is 8.71. The molecule has 0 aromatic carbocycles. The molecule has 2 aromatic rings. The molecule has 2 N–H and O–H groups in total. The van der Waals surface area contributed by atoms with Gasteiger partial charge in [0.05, 0.1) is 17.2 Å². The highest BCUT2D eigenvalue weighted by molar-refractivity contribution is 6.30. The predicted molar refractivity (Wildman–Crippen MR) is 69.9 cm³/mol. The zero-order valence-corrected chi connectivity index (χ0v) is 10.7. The fourth-order valence-corrected chi connectivity index (χ4v) is 2.68. The van der Waals surface area contributed by atoms with Crippen LogP contribution in [0.4, 0.5) is 5.95 Å². The van der Waals surface area contributed by atoms with Crippen molar-refractivity contribution < 1.29 is 5.11 Å². The van der Waals surface area contributed by atoms with Gasteiger partial charge in [-0.15, -0.1) is 5.10 Å². The summed E-state index contributed by atoms with van der Waals surface area (Å²) in [6, 6.07) is 3.60. The monoisotopic (exact) mass is 266 g/mol. The zero-order valence-electron chi connectivity index (χ0n) is 9.93. The minimum absolute atomic E-state index is 0.114. The Morgan fingerprint density at radius 2 is 2.17 bits per heavy atom. The van der Waals surface area contributed by atoms with Gasteiger partial charge in [-0.05, 0) is 25.0 Å². The topological polar surface area (TPSA) is 62.5 Å². The number of aromatic nitrogens is 3. The third-order valence-electron chi connectivity index (χ3n) is 3.54. The molecule has 1 aliphatic rings. The van der Waals surface area contributed by atoms with Crippen LogP contribution in [-0.2, 0) is 0 Å². The average Bonchev–Trinajstić information content (AvgIpc) is 2.96. The Balaban J connectivity index is 1.90. The van der Waals surface area contributed by atoms with E-state index in [-0.39, 0.29) is 12.1 Å². The lowest BCUT2D eigenvalue weighted by atomic mass is 9.99. The zero-order chi connectivity index (χ0) is 12.6. The molecule has 0 radical (unpaired) electrons. The number of anilines is 1. The molecule has 96 valence electrons. The minimum atomic E-state index is -0.255. The number of halogens is 1. The SMILES string of the molecule is OCC1(Nc2nc3ccc(Cl)cn3n2)CCCC1. The van der Waals surface area contributed by atoms with Crippen molar-refractivity contribution in [3.63, 3.8) is 0 Å². The van der Waals surface area contributed by atoms with E-state index in [0.29, 0.717) is 11.0 Å². The smallest absolute Gasteiger partial charge is 0.243 e. The van der Waals surface area contributed by atoms with Crippen LogP contribution in [0, 0.1) is 0 Å². The number of aliphatic hydroxyl groups is 1. The van der Waals surface area contributed by atoms with E-state index in [1.54, 1.807) is 16.8 Å². The lowest BCUT2D eigenvalue weighted by Gasteiger charge is -2.26. The number of rotatable bonds is 3. The van der Waals surface area contributed by atoms with E-state index < -0.39 is 0 Å². The van der Waals surface area contributed by atoms with E-state index >= 15 is 0 Å². The summed E-state index contributed by atoms with van der Waals surface area (Å²) in [5.41, 5.74) is 0.488. The lowest BCUT2D eigenvalue weighted by Crippen LogP contribution is -2.39. The van der Waals surface area contributed by atoms with Crippen LogP contribution < -0.4 is 5.32 Å². The fourth-order valence-electron chi connectivity index (χ4n) is 2.52. The quantitative estimate of drug-likeness (QED) is 0.893. The van der Waals surface area contributed by atoms with E-state index in [1.165, 1.54) is 0 Å². The van der Waals surface area contributed by atoms with Crippen LogP contribution >= 0.6 is 11.6 Å².